The molecule has 1 heterocycles. The third-order valence-electron chi connectivity index (χ3n) is 4.88. The number of nitrogens with zero attached hydrogens (tertiary/aromatic N) is 1. The van der Waals surface area contributed by atoms with Crippen molar-refractivity contribution < 1.29 is 23.8 Å². The Morgan fingerprint density at radius 2 is 1.93 bits per heavy atom. The molecule has 1 N–H and O–H groups in total. The molecule has 0 radical (unpaired) electrons. The number of carboxylic acid groups (broad SMARTS) is 1. The molecule has 3 rings (SSSR count). The SMILES string of the molecule is CCO[C@H](Cc1ccc(OCCc2nc(-c3ccccc3)oc2C)cc1C)C(=O)O. The number of oxazole rings is 1. The Labute approximate surface area is 176 Å². The zero-order chi connectivity index (χ0) is 21.5. The lowest BCUT2D eigenvalue weighted by Crippen LogP contribution is -2.26. The molecule has 0 amide bonds. The summed E-state index contributed by atoms with van der Waals surface area (Å²) in [5.74, 6) is 1.20. The van der Waals surface area contributed by atoms with Gasteiger partial charge in [-0.2, -0.15) is 0 Å². The van der Waals surface area contributed by atoms with Gasteiger partial charge in [0.15, 0.2) is 6.10 Å². The number of carboxylic acids is 1. The minimum Gasteiger partial charge on any atom is -0.493 e. The van der Waals surface area contributed by atoms with Crippen LogP contribution in [0.4, 0.5) is 0 Å². The average molecular weight is 409 g/mol. The smallest absolute Gasteiger partial charge is 0.333 e. The van der Waals surface area contributed by atoms with E-state index in [0.29, 0.717) is 31.9 Å². The van der Waals surface area contributed by atoms with Gasteiger partial charge >= 0.3 is 5.97 Å². The third-order valence-corrected chi connectivity index (χ3v) is 4.88. The van der Waals surface area contributed by atoms with Crippen LogP contribution in [0.2, 0.25) is 0 Å². The van der Waals surface area contributed by atoms with E-state index in [1.54, 1.807) is 6.92 Å². The summed E-state index contributed by atoms with van der Waals surface area (Å²) in [4.78, 5) is 15.9. The van der Waals surface area contributed by atoms with Crippen LogP contribution < -0.4 is 4.74 Å². The molecule has 0 unspecified atom stereocenters. The first kappa shape index (κ1) is 21.6. The maximum atomic E-state index is 11.3. The van der Waals surface area contributed by atoms with Gasteiger partial charge in [0, 0.05) is 25.0 Å². The van der Waals surface area contributed by atoms with Crippen LogP contribution in [-0.2, 0) is 22.4 Å². The van der Waals surface area contributed by atoms with Crippen LogP contribution in [0, 0.1) is 13.8 Å². The normalized spacial score (nSPS) is 12.0. The van der Waals surface area contributed by atoms with Crippen molar-refractivity contribution in [3.05, 3.63) is 71.1 Å². The molecule has 0 saturated heterocycles. The van der Waals surface area contributed by atoms with Gasteiger partial charge in [-0.1, -0.05) is 24.3 Å². The van der Waals surface area contributed by atoms with E-state index < -0.39 is 12.1 Å². The van der Waals surface area contributed by atoms with Gasteiger partial charge in [-0.05, 0) is 56.2 Å². The van der Waals surface area contributed by atoms with Gasteiger partial charge < -0.3 is 19.0 Å². The Bertz CT molecular complexity index is 981. The summed E-state index contributed by atoms with van der Waals surface area (Å²) in [5.41, 5.74) is 3.74. The molecule has 2 aromatic carbocycles. The predicted octanol–water partition coefficient (Wildman–Crippen LogP) is 4.61. The van der Waals surface area contributed by atoms with Gasteiger partial charge in [-0.25, -0.2) is 9.78 Å². The molecule has 0 aliphatic rings. The minimum absolute atomic E-state index is 0.329. The van der Waals surface area contributed by atoms with Crippen LogP contribution in [0.15, 0.2) is 52.9 Å². The summed E-state index contributed by atoms with van der Waals surface area (Å²) >= 11 is 0. The standard InChI is InChI=1S/C24H27NO5/c1-4-28-22(24(26)27)15-19-10-11-20(14-16(19)2)29-13-12-21-17(3)30-23(25-21)18-8-6-5-7-9-18/h5-11,14,22H,4,12-13,15H2,1-3H3,(H,26,27)/t22-/m1/s1. The zero-order valence-corrected chi connectivity index (χ0v) is 17.6. The maximum Gasteiger partial charge on any atom is 0.333 e. The second kappa shape index (κ2) is 10.1. The Kier molecular flexibility index (Phi) is 7.25. The van der Waals surface area contributed by atoms with Gasteiger partial charge in [0.25, 0.3) is 0 Å². The lowest BCUT2D eigenvalue weighted by atomic mass is 10.0. The molecule has 0 spiro atoms. The van der Waals surface area contributed by atoms with E-state index in [4.69, 9.17) is 13.9 Å². The molecular weight excluding hydrogens is 382 g/mol. The lowest BCUT2D eigenvalue weighted by Gasteiger charge is -2.15. The van der Waals surface area contributed by atoms with Crippen molar-refractivity contribution in [1.29, 1.82) is 0 Å². The molecule has 1 atom stereocenters. The Morgan fingerprint density at radius 3 is 2.60 bits per heavy atom. The van der Waals surface area contributed by atoms with Gasteiger partial charge in [0.05, 0.1) is 12.3 Å². The topological polar surface area (TPSA) is 81.8 Å². The van der Waals surface area contributed by atoms with E-state index in [1.807, 2.05) is 62.4 Å². The van der Waals surface area contributed by atoms with Gasteiger partial charge in [0.2, 0.25) is 5.89 Å². The molecule has 6 heteroatoms. The van der Waals surface area contributed by atoms with Crippen molar-refractivity contribution in [2.24, 2.45) is 0 Å². The van der Waals surface area contributed by atoms with Gasteiger partial charge in [0.1, 0.15) is 11.5 Å². The molecule has 0 saturated carbocycles. The van der Waals surface area contributed by atoms with Crippen LogP contribution in [0.1, 0.15) is 29.5 Å². The van der Waals surface area contributed by atoms with E-state index in [9.17, 15) is 9.90 Å². The monoisotopic (exact) mass is 409 g/mol. The highest BCUT2D eigenvalue weighted by atomic mass is 16.5. The number of rotatable bonds is 10. The quantitative estimate of drug-likeness (QED) is 0.526. The molecule has 6 nitrogen and oxygen atoms in total. The van der Waals surface area contributed by atoms with Crippen LogP contribution >= 0.6 is 0 Å². The zero-order valence-electron chi connectivity index (χ0n) is 17.6. The number of hydrogen-bond acceptors (Lipinski definition) is 5. The van der Waals surface area contributed by atoms with Crippen LogP contribution in [0.25, 0.3) is 11.5 Å². The van der Waals surface area contributed by atoms with E-state index in [-0.39, 0.29) is 0 Å². The van der Waals surface area contributed by atoms with Crippen LogP contribution in [-0.4, -0.2) is 35.4 Å². The molecule has 0 bridgehead atoms. The second-order valence-corrected chi connectivity index (χ2v) is 7.06. The van der Waals surface area contributed by atoms with E-state index in [1.165, 1.54) is 0 Å². The Morgan fingerprint density at radius 1 is 1.17 bits per heavy atom. The fraction of sp³-hybridized carbons (Fsp3) is 0.333. The molecule has 0 aliphatic carbocycles. The second-order valence-electron chi connectivity index (χ2n) is 7.06. The first-order valence-electron chi connectivity index (χ1n) is 10.1. The lowest BCUT2D eigenvalue weighted by molar-refractivity contribution is -0.149. The highest BCUT2D eigenvalue weighted by Crippen LogP contribution is 2.23. The number of aryl methyl sites for hydroxylation is 2. The Hall–Kier alpha value is -3.12. The molecule has 0 fully saturated rings. The predicted molar refractivity (Wildman–Crippen MR) is 114 cm³/mol. The molecule has 3 aromatic rings. The molecule has 1 aromatic heterocycles. The summed E-state index contributed by atoms with van der Waals surface area (Å²) in [6.45, 7) is 6.48. The molecule has 158 valence electrons. The number of benzene rings is 2. The van der Waals surface area contributed by atoms with Crippen molar-refractivity contribution in [3.8, 4) is 17.2 Å². The minimum atomic E-state index is -0.950. The van der Waals surface area contributed by atoms with Gasteiger partial charge in [-0.3, -0.25) is 0 Å². The number of aliphatic carboxylic acids is 1. The summed E-state index contributed by atoms with van der Waals surface area (Å²) in [5, 5.41) is 9.27. The number of hydrogen-bond donors (Lipinski definition) is 1. The van der Waals surface area contributed by atoms with Crippen molar-refractivity contribution in [1.82, 2.24) is 4.98 Å². The first-order valence-corrected chi connectivity index (χ1v) is 10.1. The van der Waals surface area contributed by atoms with E-state index >= 15 is 0 Å². The fourth-order valence-electron chi connectivity index (χ4n) is 3.24. The van der Waals surface area contributed by atoms with Crippen LogP contribution in [0.5, 0.6) is 5.75 Å². The first-order chi connectivity index (χ1) is 14.5. The van der Waals surface area contributed by atoms with Gasteiger partial charge in [-0.15, -0.1) is 0 Å². The van der Waals surface area contributed by atoms with Crippen molar-refractivity contribution >= 4 is 5.97 Å². The van der Waals surface area contributed by atoms with E-state index in [0.717, 1.165) is 33.9 Å². The largest absolute Gasteiger partial charge is 0.493 e. The summed E-state index contributed by atoms with van der Waals surface area (Å²) in [7, 11) is 0. The number of ether oxygens (including phenoxy) is 2. The maximum absolute atomic E-state index is 11.3. The summed E-state index contributed by atoms with van der Waals surface area (Å²) in [6, 6.07) is 15.5. The third kappa shape index (κ3) is 5.48. The molecule has 0 aliphatic heterocycles. The van der Waals surface area contributed by atoms with Crippen molar-refractivity contribution in [2.45, 2.75) is 39.7 Å². The summed E-state index contributed by atoms with van der Waals surface area (Å²) in [6.07, 6.45) is 0.124. The molecule has 30 heavy (non-hydrogen) atoms. The highest BCUT2D eigenvalue weighted by molar-refractivity contribution is 5.72. The van der Waals surface area contributed by atoms with Crippen molar-refractivity contribution in [3.63, 3.8) is 0 Å². The Balaban J connectivity index is 1.58. The van der Waals surface area contributed by atoms with Crippen LogP contribution in [0.3, 0.4) is 0 Å². The fourth-order valence-corrected chi connectivity index (χ4v) is 3.24. The highest BCUT2D eigenvalue weighted by Gasteiger charge is 2.19. The summed E-state index contributed by atoms with van der Waals surface area (Å²) < 4.78 is 17.0. The number of aromatic nitrogens is 1. The van der Waals surface area contributed by atoms with Crippen molar-refractivity contribution in [2.75, 3.05) is 13.2 Å². The molecular formula is C24H27NO5. The average Bonchev–Trinajstić information content (AvgIpc) is 3.10. The van der Waals surface area contributed by atoms with E-state index in [2.05, 4.69) is 4.98 Å². The number of carbonyl (C=O) groups is 1.